The fourth-order valence-corrected chi connectivity index (χ4v) is 2.30. The molecule has 0 aliphatic rings. The number of amides is 1. The topological polar surface area (TPSA) is 81.5 Å². The molecular formula is C19H20N2O4. The van der Waals surface area contributed by atoms with Crippen LogP contribution in [-0.4, -0.2) is 24.5 Å². The van der Waals surface area contributed by atoms with Crippen molar-refractivity contribution in [1.29, 1.82) is 0 Å². The quantitative estimate of drug-likeness (QED) is 0.346. The van der Waals surface area contributed by atoms with Gasteiger partial charge in [0, 0.05) is 24.8 Å². The van der Waals surface area contributed by atoms with Gasteiger partial charge in [0.05, 0.1) is 12.0 Å². The third kappa shape index (κ3) is 6.10. The van der Waals surface area contributed by atoms with Gasteiger partial charge in [0.15, 0.2) is 0 Å². The van der Waals surface area contributed by atoms with Crippen LogP contribution in [0.15, 0.2) is 54.6 Å². The number of rotatable bonds is 8. The highest BCUT2D eigenvalue weighted by molar-refractivity contribution is 5.91. The van der Waals surface area contributed by atoms with Crippen LogP contribution in [0.1, 0.15) is 17.5 Å². The Hall–Kier alpha value is -3.15. The van der Waals surface area contributed by atoms with E-state index in [4.69, 9.17) is 4.74 Å². The van der Waals surface area contributed by atoms with Gasteiger partial charge in [-0.05, 0) is 42.2 Å². The zero-order valence-corrected chi connectivity index (χ0v) is 14.0. The Kier molecular flexibility index (Phi) is 6.71. The Bertz CT molecular complexity index is 772. The maximum atomic E-state index is 11.8. The fourth-order valence-electron chi connectivity index (χ4n) is 2.30. The summed E-state index contributed by atoms with van der Waals surface area (Å²) >= 11 is 0. The zero-order chi connectivity index (χ0) is 18.1. The number of nitro benzene ring substituents is 1. The molecule has 0 unspecified atom stereocenters. The highest BCUT2D eigenvalue weighted by Gasteiger charge is 2.04. The first kappa shape index (κ1) is 18.2. The number of nitrogens with zero attached hydrogens (tertiary/aromatic N) is 1. The van der Waals surface area contributed by atoms with E-state index in [1.54, 1.807) is 25.3 Å². The van der Waals surface area contributed by atoms with Crippen LogP contribution < -0.4 is 10.1 Å². The maximum absolute atomic E-state index is 11.8. The van der Waals surface area contributed by atoms with E-state index in [-0.39, 0.29) is 11.6 Å². The van der Waals surface area contributed by atoms with E-state index in [0.29, 0.717) is 12.1 Å². The summed E-state index contributed by atoms with van der Waals surface area (Å²) in [4.78, 5) is 22.1. The molecule has 130 valence electrons. The van der Waals surface area contributed by atoms with Crippen molar-refractivity contribution in [3.05, 3.63) is 75.8 Å². The molecule has 0 fully saturated rings. The summed E-state index contributed by atoms with van der Waals surface area (Å²) in [6, 6.07) is 14.0. The van der Waals surface area contributed by atoms with Crippen molar-refractivity contribution in [3.8, 4) is 5.75 Å². The molecule has 1 N–H and O–H groups in total. The van der Waals surface area contributed by atoms with Crippen molar-refractivity contribution in [2.45, 2.75) is 12.8 Å². The third-order valence-electron chi connectivity index (χ3n) is 3.58. The van der Waals surface area contributed by atoms with Crippen molar-refractivity contribution < 1.29 is 14.5 Å². The fraction of sp³-hybridized carbons (Fsp3) is 0.211. The van der Waals surface area contributed by atoms with Crippen molar-refractivity contribution in [2.75, 3.05) is 13.7 Å². The van der Waals surface area contributed by atoms with E-state index < -0.39 is 4.92 Å². The smallest absolute Gasteiger partial charge is 0.270 e. The Morgan fingerprint density at radius 2 is 2.04 bits per heavy atom. The normalized spacial score (nSPS) is 10.6. The predicted octanol–water partition coefficient (Wildman–Crippen LogP) is 3.37. The minimum absolute atomic E-state index is 0.000785. The summed E-state index contributed by atoms with van der Waals surface area (Å²) < 4.78 is 5.18. The molecule has 0 bridgehead atoms. The van der Waals surface area contributed by atoms with Gasteiger partial charge < -0.3 is 10.1 Å². The minimum Gasteiger partial charge on any atom is -0.497 e. The first-order chi connectivity index (χ1) is 12.1. The van der Waals surface area contributed by atoms with Crippen LogP contribution in [0.25, 0.3) is 6.08 Å². The van der Waals surface area contributed by atoms with Gasteiger partial charge in [-0.25, -0.2) is 0 Å². The summed E-state index contributed by atoms with van der Waals surface area (Å²) in [6.45, 7) is 0.551. The van der Waals surface area contributed by atoms with Gasteiger partial charge in [-0.2, -0.15) is 0 Å². The number of nitro groups is 1. The lowest BCUT2D eigenvalue weighted by molar-refractivity contribution is -0.384. The average Bonchev–Trinajstić information content (AvgIpc) is 2.64. The molecule has 0 saturated carbocycles. The summed E-state index contributed by atoms with van der Waals surface area (Å²) in [5.41, 5.74) is 1.77. The van der Waals surface area contributed by atoms with E-state index in [2.05, 4.69) is 5.32 Å². The average molecular weight is 340 g/mol. The number of benzene rings is 2. The van der Waals surface area contributed by atoms with Crippen molar-refractivity contribution in [3.63, 3.8) is 0 Å². The molecule has 2 aromatic carbocycles. The lowest BCUT2D eigenvalue weighted by Gasteiger charge is -2.05. The van der Waals surface area contributed by atoms with E-state index in [1.807, 2.05) is 24.3 Å². The standard InChI is InChI=1S/C19H20N2O4/c1-25-18-9-3-6-15(14-18)7-4-12-20-19(22)11-10-16-5-2-8-17(13-16)21(23)24/h2-3,5-6,8-11,13-14H,4,7,12H2,1H3,(H,20,22)/b11-10+. The highest BCUT2D eigenvalue weighted by atomic mass is 16.6. The molecular weight excluding hydrogens is 320 g/mol. The Morgan fingerprint density at radius 1 is 1.24 bits per heavy atom. The maximum Gasteiger partial charge on any atom is 0.270 e. The summed E-state index contributed by atoms with van der Waals surface area (Å²) in [5.74, 6) is 0.596. The minimum atomic E-state index is -0.462. The lowest BCUT2D eigenvalue weighted by Crippen LogP contribution is -2.22. The Morgan fingerprint density at radius 3 is 2.80 bits per heavy atom. The number of non-ortho nitro benzene ring substituents is 1. The van der Waals surface area contributed by atoms with Gasteiger partial charge in [0.1, 0.15) is 5.75 Å². The first-order valence-corrected chi connectivity index (χ1v) is 7.92. The van der Waals surface area contributed by atoms with Crippen molar-refractivity contribution in [1.82, 2.24) is 5.32 Å². The highest BCUT2D eigenvalue weighted by Crippen LogP contribution is 2.14. The van der Waals surface area contributed by atoms with Crippen LogP contribution in [0.2, 0.25) is 0 Å². The van der Waals surface area contributed by atoms with Gasteiger partial charge in [-0.3, -0.25) is 14.9 Å². The summed E-state index contributed by atoms with van der Waals surface area (Å²) in [5, 5.41) is 13.5. The second-order valence-electron chi connectivity index (χ2n) is 5.43. The molecule has 6 heteroatoms. The molecule has 6 nitrogen and oxygen atoms in total. The van der Waals surface area contributed by atoms with Crippen LogP contribution in [0.5, 0.6) is 5.75 Å². The van der Waals surface area contributed by atoms with E-state index in [0.717, 1.165) is 24.2 Å². The molecule has 0 aliphatic heterocycles. The molecule has 0 aliphatic carbocycles. The van der Waals surface area contributed by atoms with Crippen LogP contribution in [-0.2, 0) is 11.2 Å². The second-order valence-corrected chi connectivity index (χ2v) is 5.43. The number of methoxy groups -OCH3 is 1. The van der Waals surface area contributed by atoms with Crippen LogP contribution in [0.4, 0.5) is 5.69 Å². The number of carbonyl (C=O) groups excluding carboxylic acids is 1. The largest absolute Gasteiger partial charge is 0.497 e. The number of carbonyl (C=O) groups is 1. The van der Waals surface area contributed by atoms with Crippen molar-refractivity contribution in [2.24, 2.45) is 0 Å². The second kappa shape index (κ2) is 9.22. The third-order valence-corrected chi connectivity index (χ3v) is 3.58. The molecule has 0 heterocycles. The van der Waals surface area contributed by atoms with E-state index in [1.165, 1.54) is 18.2 Å². The number of hydrogen-bond donors (Lipinski definition) is 1. The number of nitrogens with one attached hydrogen (secondary N) is 1. The molecule has 0 atom stereocenters. The molecule has 0 radical (unpaired) electrons. The van der Waals surface area contributed by atoms with Gasteiger partial charge >= 0.3 is 0 Å². The molecule has 2 aromatic rings. The van der Waals surface area contributed by atoms with Gasteiger partial charge in [0.2, 0.25) is 5.91 Å². The monoisotopic (exact) mass is 340 g/mol. The SMILES string of the molecule is COc1cccc(CCCNC(=O)/C=C/c2cccc([N+](=O)[O-])c2)c1. The van der Waals surface area contributed by atoms with Gasteiger partial charge in [-0.15, -0.1) is 0 Å². The molecule has 1 amide bonds. The van der Waals surface area contributed by atoms with Crippen LogP contribution >= 0.6 is 0 Å². The Balaban J connectivity index is 1.76. The number of hydrogen-bond acceptors (Lipinski definition) is 4. The summed E-state index contributed by atoms with van der Waals surface area (Å²) in [7, 11) is 1.63. The predicted molar refractivity (Wildman–Crippen MR) is 96.5 cm³/mol. The lowest BCUT2D eigenvalue weighted by atomic mass is 10.1. The molecule has 0 spiro atoms. The van der Waals surface area contributed by atoms with Gasteiger partial charge in [0.25, 0.3) is 5.69 Å². The van der Waals surface area contributed by atoms with E-state index >= 15 is 0 Å². The summed E-state index contributed by atoms with van der Waals surface area (Å²) in [6.07, 6.45) is 4.59. The number of ether oxygens (including phenoxy) is 1. The molecule has 2 rings (SSSR count). The van der Waals surface area contributed by atoms with Crippen LogP contribution in [0.3, 0.4) is 0 Å². The van der Waals surface area contributed by atoms with Crippen molar-refractivity contribution >= 4 is 17.7 Å². The van der Waals surface area contributed by atoms with Gasteiger partial charge in [-0.1, -0.05) is 24.3 Å². The molecule has 0 aromatic heterocycles. The first-order valence-electron chi connectivity index (χ1n) is 7.92. The van der Waals surface area contributed by atoms with E-state index in [9.17, 15) is 14.9 Å². The molecule has 25 heavy (non-hydrogen) atoms. The van der Waals surface area contributed by atoms with Crippen LogP contribution in [0, 0.1) is 10.1 Å². The number of aryl methyl sites for hydroxylation is 1. The zero-order valence-electron chi connectivity index (χ0n) is 14.0. The molecule has 0 saturated heterocycles. The Labute approximate surface area is 146 Å².